The Morgan fingerprint density at radius 1 is 1.42 bits per heavy atom. The van der Waals surface area contributed by atoms with Crippen LogP contribution in [0.5, 0.6) is 0 Å². The Morgan fingerprint density at radius 2 is 2.32 bits per heavy atom. The summed E-state index contributed by atoms with van der Waals surface area (Å²) in [4.78, 5) is 4.63. The third-order valence-electron chi connectivity index (χ3n) is 3.17. The van der Waals surface area contributed by atoms with E-state index in [2.05, 4.69) is 39.4 Å². The maximum atomic E-state index is 8.96. The SMILES string of the molecule is CCC(CCO)CNCc1csc(-c2ccsc2)n1. The monoisotopic (exact) mass is 296 g/mol. The van der Waals surface area contributed by atoms with Gasteiger partial charge in [-0.25, -0.2) is 4.98 Å². The number of aliphatic hydroxyl groups excluding tert-OH is 1. The normalized spacial score (nSPS) is 12.7. The van der Waals surface area contributed by atoms with Gasteiger partial charge in [0.2, 0.25) is 0 Å². The van der Waals surface area contributed by atoms with Crippen molar-refractivity contribution in [3.63, 3.8) is 0 Å². The van der Waals surface area contributed by atoms with Gasteiger partial charge in [-0.2, -0.15) is 11.3 Å². The van der Waals surface area contributed by atoms with E-state index in [1.165, 1.54) is 5.56 Å². The number of thiazole rings is 1. The zero-order valence-electron chi connectivity index (χ0n) is 11.1. The van der Waals surface area contributed by atoms with Gasteiger partial charge in [-0.15, -0.1) is 11.3 Å². The van der Waals surface area contributed by atoms with E-state index in [9.17, 15) is 0 Å². The van der Waals surface area contributed by atoms with Gasteiger partial charge in [0.1, 0.15) is 5.01 Å². The van der Waals surface area contributed by atoms with Gasteiger partial charge in [0.05, 0.1) is 5.69 Å². The van der Waals surface area contributed by atoms with Gasteiger partial charge in [0.25, 0.3) is 0 Å². The molecule has 0 radical (unpaired) electrons. The molecule has 19 heavy (non-hydrogen) atoms. The maximum Gasteiger partial charge on any atom is 0.124 e. The average Bonchev–Trinajstić information content (AvgIpc) is 3.08. The van der Waals surface area contributed by atoms with Crippen LogP contribution in [0.4, 0.5) is 0 Å². The first-order valence-electron chi connectivity index (χ1n) is 6.62. The van der Waals surface area contributed by atoms with Crippen LogP contribution in [0.3, 0.4) is 0 Å². The molecule has 1 unspecified atom stereocenters. The van der Waals surface area contributed by atoms with Crippen LogP contribution in [0.2, 0.25) is 0 Å². The summed E-state index contributed by atoms with van der Waals surface area (Å²) in [6, 6.07) is 2.11. The van der Waals surface area contributed by atoms with Crippen LogP contribution in [-0.2, 0) is 6.54 Å². The molecular weight excluding hydrogens is 276 g/mol. The third kappa shape index (κ3) is 4.38. The van der Waals surface area contributed by atoms with Gasteiger partial charge in [0, 0.05) is 29.5 Å². The van der Waals surface area contributed by atoms with Crippen LogP contribution in [0, 0.1) is 5.92 Å². The topological polar surface area (TPSA) is 45.1 Å². The van der Waals surface area contributed by atoms with Gasteiger partial charge in [-0.3, -0.25) is 0 Å². The molecular formula is C14H20N2OS2. The smallest absolute Gasteiger partial charge is 0.124 e. The van der Waals surface area contributed by atoms with Crippen molar-refractivity contribution in [2.24, 2.45) is 5.92 Å². The molecule has 104 valence electrons. The molecule has 0 amide bonds. The molecule has 2 aromatic rings. The summed E-state index contributed by atoms with van der Waals surface area (Å²) in [5.74, 6) is 0.556. The van der Waals surface area contributed by atoms with Crippen molar-refractivity contribution in [2.75, 3.05) is 13.2 Å². The minimum atomic E-state index is 0.277. The van der Waals surface area contributed by atoms with Crippen LogP contribution in [-0.4, -0.2) is 23.2 Å². The van der Waals surface area contributed by atoms with Crippen molar-refractivity contribution >= 4 is 22.7 Å². The third-order valence-corrected chi connectivity index (χ3v) is 4.80. The zero-order valence-corrected chi connectivity index (χ0v) is 12.8. The van der Waals surface area contributed by atoms with Gasteiger partial charge in [0.15, 0.2) is 0 Å². The van der Waals surface area contributed by atoms with E-state index in [1.807, 2.05) is 0 Å². The summed E-state index contributed by atoms with van der Waals surface area (Å²) in [6.07, 6.45) is 1.98. The molecule has 5 heteroatoms. The summed E-state index contributed by atoms with van der Waals surface area (Å²) >= 11 is 3.40. The molecule has 0 aliphatic heterocycles. The summed E-state index contributed by atoms with van der Waals surface area (Å²) < 4.78 is 0. The maximum absolute atomic E-state index is 8.96. The molecule has 2 aromatic heterocycles. The summed E-state index contributed by atoms with van der Waals surface area (Å²) in [6.45, 7) is 4.20. The largest absolute Gasteiger partial charge is 0.396 e. The highest BCUT2D eigenvalue weighted by Gasteiger charge is 2.07. The fraction of sp³-hybridized carbons (Fsp3) is 0.500. The predicted octanol–water partition coefficient (Wildman–Crippen LogP) is 3.37. The van der Waals surface area contributed by atoms with E-state index in [0.717, 1.165) is 36.6 Å². The van der Waals surface area contributed by atoms with Crippen molar-refractivity contribution in [2.45, 2.75) is 26.3 Å². The van der Waals surface area contributed by atoms with Crippen LogP contribution < -0.4 is 5.32 Å². The standard InChI is InChI=1S/C14H20N2OS2/c1-2-11(3-5-17)7-15-8-13-10-19-14(16-13)12-4-6-18-9-12/h4,6,9-11,15,17H,2-3,5,7-8H2,1H3. The van der Waals surface area contributed by atoms with Crippen LogP contribution >= 0.6 is 22.7 Å². The van der Waals surface area contributed by atoms with Gasteiger partial charge in [-0.05, 0) is 30.3 Å². The summed E-state index contributed by atoms with van der Waals surface area (Å²) in [5, 5.41) is 19.8. The van der Waals surface area contributed by atoms with Crippen LogP contribution in [0.25, 0.3) is 10.6 Å². The number of aliphatic hydroxyl groups is 1. The van der Waals surface area contributed by atoms with Crippen molar-refractivity contribution in [3.8, 4) is 10.6 Å². The van der Waals surface area contributed by atoms with E-state index < -0.39 is 0 Å². The first kappa shape index (κ1) is 14.7. The lowest BCUT2D eigenvalue weighted by atomic mass is 10.0. The molecule has 2 N–H and O–H groups in total. The number of hydrogen-bond acceptors (Lipinski definition) is 5. The molecule has 0 aromatic carbocycles. The molecule has 2 heterocycles. The summed E-state index contributed by atoms with van der Waals surface area (Å²) in [7, 11) is 0. The van der Waals surface area contributed by atoms with Gasteiger partial charge < -0.3 is 10.4 Å². The Kier molecular flexibility index (Phi) is 5.97. The second-order valence-electron chi connectivity index (χ2n) is 4.57. The number of nitrogens with one attached hydrogen (secondary N) is 1. The van der Waals surface area contributed by atoms with E-state index in [-0.39, 0.29) is 6.61 Å². The first-order valence-corrected chi connectivity index (χ1v) is 8.44. The molecule has 0 saturated heterocycles. The number of nitrogens with zero attached hydrogens (tertiary/aromatic N) is 1. The quantitative estimate of drug-likeness (QED) is 0.785. The molecule has 0 bridgehead atoms. The highest BCUT2D eigenvalue weighted by atomic mass is 32.1. The zero-order chi connectivity index (χ0) is 13.5. The Balaban J connectivity index is 1.80. The number of aromatic nitrogens is 1. The Hall–Kier alpha value is -0.750. The van der Waals surface area contributed by atoms with Gasteiger partial charge >= 0.3 is 0 Å². The molecule has 0 spiro atoms. The Bertz CT molecular complexity index is 468. The molecule has 0 aliphatic rings. The van der Waals surface area contributed by atoms with Crippen molar-refractivity contribution in [1.29, 1.82) is 0 Å². The lowest BCUT2D eigenvalue weighted by molar-refractivity contribution is 0.251. The van der Waals surface area contributed by atoms with E-state index in [0.29, 0.717) is 5.92 Å². The van der Waals surface area contributed by atoms with Crippen molar-refractivity contribution in [3.05, 3.63) is 27.9 Å². The molecule has 0 fully saturated rings. The number of hydrogen-bond donors (Lipinski definition) is 2. The average molecular weight is 296 g/mol. The summed E-state index contributed by atoms with van der Waals surface area (Å²) in [5.41, 5.74) is 2.32. The molecule has 2 rings (SSSR count). The van der Waals surface area contributed by atoms with Crippen molar-refractivity contribution in [1.82, 2.24) is 10.3 Å². The van der Waals surface area contributed by atoms with E-state index >= 15 is 0 Å². The number of thiophene rings is 1. The highest BCUT2D eigenvalue weighted by Crippen LogP contribution is 2.25. The second kappa shape index (κ2) is 7.75. The Labute approximate surface area is 122 Å². The first-order chi connectivity index (χ1) is 9.33. The highest BCUT2D eigenvalue weighted by molar-refractivity contribution is 7.14. The fourth-order valence-electron chi connectivity index (χ4n) is 1.94. The van der Waals surface area contributed by atoms with Crippen LogP contribution in [0.1, 0.15) is 25.5 Å². The van der Waals surface area contributed by atoms with E-state index in [4.69, 9.17) is 5.11 Å². The molecule has 0 saturated carbocycles. The molecule has 1 atom stereocenters. The minimum absolute atomic E-state index is 0.277. The van der Waals surface area contributed by atoms with Crippen LogP contribution in [0.15, 0.2) is 22.2 Å². The van der Waals surface area contributed by atoms with E-state index in [1.54, 1.807) is 22.7 Å². The lowest BCUT2D eigenvalue weighted by Gasteiger charge is -2.13. The fourth-order valence-corrected chi connectivity index (χ4v) is 3.48. The number of rotatable bonds is 8. The predicted molar refractivity (Wildman–Crippen MR) is 82.6 cm³/mol. The van der Waals surface area contributed by atoms with Crippen molar-refractivity contribution < 1.29 is 5.11 Å². The second-order valence-corrected chi connectivity index (χ2v) is 6.21. The van der Waals surface area contributed by atoms with Gasteiger partial charge in [-0.1, -0.05) is 13.3 Å². The Morgan fingerprint density at radius 3 is 3.00 bits per heavy atom. The lowest BCUT2D eigenvalue weighted by Crippen LogP contribution is -2.23. The molecule has 0 aliphatic carbocycles. The minimum Gasteiger partial charge on any atom is -0.396 e. The molecule has 3 nitrogen and oxygen atoms in total.